The number of hydrogen-bond donors (Lipinski definition) is 1. The third-order valence-electron chi connectivity index (χ3n) is 5.87. The number of anilines is 1. The molecule has 0 aromatic heterocycles. The SMILES string of the molecule is CCc1cccc(C)c1NC(=O)CN1CCC[C@H]1c1ccc2c(c1)OCCCO2. The molecule has 2 aromatic rings. The van der Waals surface area contributed by atoms with Gasteiger partial charge in [0.05, 0.1) is 19.8 Å². The average Bonchev–Trinajstić information content (AvgIpc) is 3.04. The molecule has 2 heterocycles. The van der Waals surface area contributed by atoms with Crippen LogP contribution in [0.25, 0.3) is 0 Å². The summed E-state index contributed by atoms with van der Waals surface area (Å²) in [5.74, 6) is 1.69. The summed E-state index contributed by atoms with van der Waals surface area (Å²) in [6.07, 6.45) is 3.95. The van der Waals surface area contributed by atoms with Crippen LogP contribution in [0.2, 0.25) is 0 Å². The van der Waals surface area contributed by atoms with Gasteiger partial charge in [0.25, 0.3) is 0 Å². The minimum Gasteiger partial charge on any atom is -0.490 e. The van der Waals surface area contributed by atoms with Crippen LogP contribution in [0.1, 0.15) is 48.9 Å². The molecular weight excluding hydrogens is 364 g/mol. The number of benzene rings is 2. The summed E-state index contributed by atoms with van der Waals surface area (Å²) in [6, 6.07) is 12.6. The summed E-state index contributed by atoms with van der Waals surface area (Å²) >= 11 is 0. The highest BCUT2D eigenvalue weighted by Gasteiger charge is 2.29. The van der Waals surface area contributed by atoms with Crippen molar-refractivity contribution in [2.24, 2.45) is 0 Å². The van der Waals surface area contributed by atoms with Gasteiger partial charge in [0.15, 0.2) is 11.5 Å². The number of carbonyl (C=O) groups is 1. The predicted octanol–water partition coefficient (Wildman–Crippen LogP) is 4.49. The van der Waals surface area contributed by atoms with Gasteiger partial charge in [0, 0.05) is 18.2 Å². The van der Waals surface area contributed by atoms with E-state index in [0.717, 1.165) is 55.0 Å². The van der Waals surface area contributed by atoms with Crippen molar-refractivity contribution in [1.82, 2.24) is 4.90 Å². The molecule has 1 amide bonds. The molecule has 2 aliphatic heterocycles. The van der Waals surface area contributed by atoms with Crippen molar-refractivity contribution in [3.63, 3.8) is 0 Å². The van der Waals surface area contributed by atoms with Crippen LogP contribution in [0.15, 0.2) is 36.4 Å². The number of hydrogen-bond acceptors (Lipinski definition) is 4. The Hall–Kier alpha value is -2.53. The van der Waals surface area contributed by atoms with E-state index in [1.807, 2.05) is 25.1 Å². The van der Waals surface area contributed by atoms with Crippen LogP contribution in [0.3, 0.4) is 0 Å². The van der Waals surface area contributed by atoms with Gasteiger partial charge in [-0.05, 0) is 61.6 Å². The lowest BCUT2D eigenvalue weighted by molar-refractivity contribution is -0.117. The second-order valence-corrected chi connectivity index (χ2v) is 7.90. The third kappa shape index (κ3) is 4.40. The largest absolute Gasteiger partial charge is 0.490 e. The second kappa shape index (κ2) is 8.87. The number of amides is 1. The molecular formula is C24H30N2O3. The molecule has 1 N–H and O–H groups in total. The molecule has 0 spiro atoms. The van der Waals surface area contributed by atoms with E-state index in [2.05, 4.69) is 35.3 Å². The molecule has 29 heavy (non-hydrogen) atoms. The van der Waals surface area contributed by atoms with Crippen molar-refractivity contribution in [3.05, 3.63) is 53.1 Å². The van der Waals surface area contributed by atoms with Gasteiger partial charge >= 0.3 is 0 Å². The van der Waals surface area contributed by atoms with E-state index in [0.29, 0.717) is 19.8 Å². The van der Waals surface area contributed by atoms with Gasteiger partial charge in [-0.15, -0.1) is 0 Å². The summed E-state index contributed by atoms with van der Waals surface area (Å²) in [7, 11) is 0. The maximum atomic E-state index is 12.8. The Morgan fingerprint density at radius 3 is 2.79 bits per heavy atom. The maximum absolute atomic E-state index is 12.8. The minimum atomic E-state index is 0.0512. The van der Waals surface area contributed by atoms with Crippen molar-refractivity contribution < 1.29 is 14.3 Å². The van der Waals surface area contributed by atoms with Crippen molar-refractivity contribution in [2.75, 3.05) is 31.6 Å². The molecule has 2 aliphatic rings. The number of likely N-dealkylation sites (tertiary alicyclic amines) is 1. The molecule has 1 atom stereocenters. The summed E-state index contributed by atoms with van der Waals surface area (Å²) in [5, 5.41) is 3.16. The molecule has 1 fully saturated rings. The molecule has 0 bridgehead atoms. The molecule has 5 nitrogen and oxygen atoms in total. The van der Waals surface area contributed by atoms with Gasteiger partial charge < -0.3 is 14.8 Å². The molecule has 154 valence electrons. The van der Waals surface area contributed by atoms with Crippen LogP contribution in [-0.2, 0) is 11.2 Å². The summed E-state index contributed by atoms with van der Waals surface area (Å²) in [5.41, 5.74) is 4.45. The van der Waals surface area contributed by atoms with E-state index in [9.17, 15) is 4.79 Å². The number of nitrogens with one attached hydrogen (secondary N) is 1. The standard InChI is InChI=1S/C24H30N2O3/c1-3-18-8-4-7-17(2)24(18)25-23(27)16-26-12-5-9-20(26)19-10-11-21-22(15-19)29-14-6-13-28-21/h4,7-8,10-11,15,20H,3,5-6,9,12-14,16H2,1-2H3,(H,25,27)/t20-/m0/s1. The number of para-hydroxylation sites is 1. The average molecular weight is 395 g/mol. The van der Waals surface area contributed by atoms with Gasteiger partial charge in [-0.1, -0.05) is 31.2 Å². The quantitative estimate of drug-likeness (QED) is 0.812. The van der Waals surface area contributed by atoms with Crippen molar-refractivity contribution in [1.29, 1.82) is 0 Å². The topological polar surface area (TPSA) is 50.8 Å². The van der Waals surface area contributed by atoms with E-state index in [1.54, 1.807) is 0 Å². The van der Waals surface area contributed by atoms with E-state index < -0.39 is 0 Å². The van der Waals surface area contributed by atoms with Gasteiger partial charge in [-0.3, -0.25) is 9.69 Å². The molecule has 0 unspecified atom stereocenters. The van der Waals surface area contributed by atoms with Crippen LogP contribution in [0, 0.1) is 6.92 Å². The van der Waals surface area contributed by atoms with Crippen LogP contribution in [0.5, 0.6) is 11.5 Å². The highest BCUT2D eigenvalue weighted by Crippen LogP contribution is 2.37. The molecule has 1 saturated heterocycles. The van der Waals surface area contributed by atoms with Crippen LogP contribution >= 0.6 is 0 Å². The normalized spacial score (nSPS) is 19.0. The fourth-order valence-corrected chi connectivity index (χ4v) is 4.35. The van der Waals surface area contributed by atoms with E-state index in [-0.39, 0.29) is 11.9 Å². The zero-order valence-electron chi connectivity index (χ0n) is 17.4. The lowest BCUT2D eigenvalue weighted by Crippen LogP contribution is -2.33. The number of nitrogens with zero attached hydrogens (tertiary/aromatic N) is 1. The molecule has 4 rings (SSSR count). The Morgan fingerprint density at radius 1 is 1.14 bits per heavy atom. The predicted molar refractivity (Wildman–Crippen MR) is 115 cm³/mol. The number of aryl methyl sites for hydroxylation is 2. The second-order valence-electron chi connectivity index (χ2n) is 7.90. The van der Waals surface area contributed by atoms with Gasteiger partial charge in [0.1, 0.15) is 0 Å². The maximum Gasteiger partial charge on any atom is 0.238 e. The van der Waals surface area contributed by atoms with Crippen LogP contribution in [-0.4, -0.2) is 37.1 Å². The summed E-state index contributed by atoms with van der Waals surface area (Å²) < 4.78 is 11.6. The van der Waals surface area contributed by atoms with Crippen LogP contribution < -0.4 is 14.8 Å². The number of ether oxygens (including phenoxy) is 2. The van der Waals surface area contributed by atoms with Gasteiger partial charge in [-0.25, -0.2) is 0 Å². The van der Waals surface area contributed by atoms with Crippen molar-refractivity contribution >= 4 is 11.6 Å². The Kier molecular flexibility index (Phi) is 6.05. The fraction of sp³-hybridized carbons (Fsp3) is 0.458. The first kappa shape index (κ1) is 19.8. The first-order valence-corrected chi connectivity index (χ1v) is 10.7. The Morgan fingerprint density at radius 2 is 1.97 bits per heavy atom. The zero-order valence-corrected chi connectivity index (χ0v) is 17.4. The Labute approximate surface area is 173 Å². The molecule has 0 aliphatic carbocycles. The zero-order chi connectivity index (χ0) is 20.2. The lowest BCUT2D eigenvalue weighted by Gasteiger charge is -2.25. The highest BCUT2D eigenvalue weighted by molar-refractivity contribution is 5.93. The number of rotatable bonds is 5. The molecule has 0 radical (unpaired) electrons. The first-order chi connectivity index (χ1) is 14.2. The number of carbonyl (C=O) groups excluding carboxylic acids is 1. The van der Waals surface area contributed by atoms with Crippen LogP contribution in [0.4, 0.5) is 5.69 Å². The Bertz CT molecular complexity index is 880. The number of fused-ring (bicyclic) bond motifs is 1. The summed E-state index contributed by atoms with van der Waals surface area (Å²) in [4.78, 5) is 15.1. The summed E-state index contributed by atoms with van der Waals surface area (Å²) in [6.45, 7) is 6.87. The molecule has 0 saturated carbocycles. The third-order valence-corrected chi connectivity index (χ3v) is 5.87. The molecule has 2 aromatic carbocycles. The van der Waals surface area contributed by atoms with E-state index in [1.165, 1.54) is 11.1 Å². The minimum absolute atomic E-state index is 0.0512. The molecule has 5 heteroatoms. The monoisotopic (exact) mass is 394 g/mol. The first-order valence-electron chi connectivity index (χ1n) is 10.7. The smallest absolute Gasteiger partial charge is 0.238 e. The Balaban J connectivity index is 1.47. The van der Waals surface area contributed by atoms with Gasteiger partial charge in [-0.2, -0.15) is 0 Å². The van der Waals surface area contributed by atoms with Crippen molar-refractivity contribution in [3.8, 4) is 11.5 Å². The van der Waals surface area contributed by atoms with E-state index >= 15 is 0 Å². The van der Waals surface area contributed by atoms with Crippen molar-refractivity contribution in [2.45, 2.75) is 45.6 Å². The lowest BCUT2D eigenvalue weighted by atomic mass is 10.0. The van der Waals surface area contributed by atoms with Gasteiger partial charge in [0.2, 0.25) is 5.91 Å². The van der Waals surface area contributed by atoms with E-state index in [4.69, 9.17) is 9.47 Å². The fourth-order valence-electron chi connectivity index (χ4n) is 4.35. The highest BCUT2D eigenvalue weighted by atomic mass is 16.5.